The van der Waals surface area contributed by atoms with Crippen molar-refractivity contribution in [1.82, 2.24) is 14.8 Å². The standard InChI is InChI=1S/C23H19ClF3N3O2/c1-13-21-17(23(25,26)27)11-19(16-10-15(31-2)8-9-20(16)32-3)28-22(21)30(29-13)12-14-6-4-5-7-18(14)24/h4-11H,12H2,1-3H3. The average molecular weight is 462 g/mol. The molecule has 4 rings (SSSR count). The minimum Gasteiger partial charge on any atom is -0.497 e. The summed E-state index contributed by atoms with van der Waals surface area (Å²) in [6.07, 6.45) is -4.61. The van der Waals surface area contributed by atoms with Crippen LogP contribution in [-0.4, -0.2) is 29.0 Å². The Hall–Kier alpha value is -3.26. The van der Waals surface area contributed by atoms with Crippen molar-refractivity contribution in [3.05, 3.63) is 70.4 Å². The fourth-order valence-corrected chi connectivity index (χ4v) is 3.82. The van der Waals surface area contributed by atoms with E-state index in [1.807, 2.05) is 0 Å². The molecule has 2 aromatic carbocycles. The van der Waals surface area contributed by atoms with Gasteiger partial charge in [-0.2, -0.15) is 18.3 Å². The maximum Gasteiger partial charge on any atom is 0.417 e. The third kappa shape index (κ3) is 3.98. The number of hydrogen-bond donors (Lipinski definition) is 0. The topological polar surface area (TPSA) is 49.2 Å². The molecule has 0 bridgehead atoms. The molecule has 0 unspecified atom stereocenters. The lowest BCUT2D eigenvalue weighted by atomic mass is 10.0. The number of aromatic nitrogens is 3. The lowest BCUT2D eigenvalue weighted by Gasteiger charge is -2.14. The summed E-state index contributed by atoms with van der Waals surface area (Å²) in [5.41, 5.74) is 0.722. The molecular weight excluding hydrogens is 443 g/mol. The van der Waals surface area contributed by atoms with Crippen molar-refractivity contribution < 1.29 is 22.6 Å². The number of aryl methyl sites for hydroxylation is 1. The van der Waals surface area contributed by atoms with Crippen molar-refractivity contribution in [2.24, 2.45) is 0 Å². The van der Waals surface area contributed by atoms with Gasteiger partial charge >= 0.3 is 6.18 Å². The molecule has 2 heterocycles. The lowest BCUT2D eigenvalue weighted by molar-refractivity contribution is -0.136. The molecule has 166 valence electrons. The Morgan fingerprint density at radius 3 is 2.44 bits per heavy atom. The second-order valence-corrected chi connectivity index (χ2v) is 7.56. The van der Waals surface area contributed by atoms with Crippen LogP contribution in [0.1, 0.15) is 16.8 Å². The second-order valence-electron chi connectivity index (χ2n) is 7.15. The Labute approximate surface area is 187 Å². The first-order valence-electron chi connectivity index (χ1n) is 9.64. The predicted octanol–water partition coefficient (Wildman–Crippen LogP) is 6.14. The van der Waals surface area contributed by atoms with Gasteiger partial charge in [-0.1, -0.05) is 29.8 Å². The fraction of sp³-hybridized carbons (Fsp3) is 0.217. The molecule has 0 spiro atoms. The number of alkyl halides is 3. The molecule has 0 N–H and O–H groups in total. The summed E-state index contributed by atoms with van der Waals surface area (Å²) in [7, 11) is 2.92. The molecule has 0 atom stereocenters. The number of methoxy groups -OCH3 is 2. The molecule has 0 amide bonds. The zero-order valence-corrected chi connectivity index (χ0v) is 18.3. The number of ether oxygens (including phenoxy) is 2. The van der Waals surface area contributed by atoms with Crippen LogP contribution in [0.5, 0.6) is 11.5 Å². The first kappa shape index (κ1) is 22.0. The van der Waals surface area contributed by atoms with Gasteiger partial charge in [-0.05, 0) is 42.8 Å². The Balaban J connectivity index is 2.00. The summed E-state index contributed by atoms with van der Waals surface area (Å²) >= 11 is 6.26. The summed E-state index contributed by atoms with van der Waals surface area (Å²) in [6, 6.07) is 13.0. The van der Waals surface area contributed by atoms with Crippen LogP contribution in [0, 0.1) is 6.92 Å². The maximum atomic E-state index is 14.1. The van der Waals surface area contributed by atoms with E-state index in [1.165, 1.54) is 25.8 Å². The zero-order valence-electron chi connectivity index (χ0n) is 17.5. The number of hydrogen-bond acceptors (Lipinski definition) is 4. The van der Waals surface area contributed by atoms with Gasteiger partial charge in [-0.15, -0.1) is 0 Å². The van der Waals surface area contributed by atoms with Crippen LogP contribution < -0.4 is 9.47 Å². The van der Waals surface area contributed by atoms with E-state index in [-0.39, 0.29) is 29.0 Å². The van der Waals surface area contributed by atoms with Gasteiger partial charge in [0.1, 0.15) is 11.5 Å². The Morgan fingerprint density at radius 1 is 1.03 bits per heavy atom. The largest absolute Gasteiger partial charge is 0.497 e. The predicted molar refractivity (Wildman–Crippen MR) is 116 cm³/mol. The lowest BCUT2D eigenvalue weighted by Crippen LogP contribution is -2.09. The van der Waals surface area contributed by atoms with Crippen LogP contribution in [0.2, 0.25) is 5.02 Å². The molecule has 2 aromatic heterocycles. The summed E-state index contributed by atoms with van der Waals surface area (Å²) in [4.78, 5) is 4.57. The van der Waals surface area contributed by atoms with Crippen molar-refractivity contribution in [2.75, 3.05) is 14.2 Å². The van der Waals surface area contributed by atoms with Gasteiger partial charge in [0.2, 0.25) is 0 Å². The van der Waals surface area contributed by atoms with Crippen LogP contribution in [0.25, 0.3) is 22.3 Å². The number of benzene rings is 2. The average Bonchev–Trinajstić information content (AvgIpc) is 3.08. The van der Waals surface area contributed by atoms with Crippen LogP contribution >= 0.6 is 11.6 Å². The first-order chi connectivity index (χ1) is 15.2. The SMILES string of the molecule is COc1ccc(OC)c(-c2cc(C(F)(F)F)c3c(C)nn(Cc4ccccc4Cl)c3n2)c1. The van der Waals surface area contributed by atoms with E-state index in [1.54, 1.807) is 42.5 Å². The third-order valence-electron chi connectivity index (χ3n) is 5.14. The van der Waals surface area contributed by atoms with E-state index >= 15 is 0 Å². The molecule has 0 aliphatic carbocycles. The summed E-state index contributed by atoms with van der Waals surface area (Å²) < 4.78 is 54.3. The normalized spacial score (nSPS) is 11.7. The van der Waals surface area contributed by atoms with Crippen molar-refractivity contribution in [3.63, 3.8) is 0 Å². The van der Waals surface area contributed by atoms with Crippen molar-refractivity contribution in [2.45, 2.75) is 19.6 Å². The number of rotatable bonds is 5. The highest BCUT2D eigenvalue weighted by molar-refractivity contribution is 6.31. The summed E-state index contributed by atoms with van der Waals surface area (Å²) in [6.45, 7) is 1.71. The van der Waals surface area contributed by atoms with Crippen molar-refractivity contribution >= 4 is 22.6 Å². The molecule has 32 heavy (non-hydrogen) atoms. The van der Waals surface area contributed by atoms with Gasteiger partial charge in [0.05, 0.1) is 43.1 Å². The van der Waals surface area contributed by atoms with Gasteiger partial charge in [0, 0.05) is 10.6 Å². The molecule has 0 saturated carbocycles. The molecule has 0 fully saturated rings. The Morgan fingerprint density at radius 2 is 1.78 bits per heavy atom. The monoisotopic (exact) mass is 461 g/mol. The summed E-state index contributed by atoms with van der Waals surface area (Å²) in [5, 5.41) is 4.80. The van der Waals surface area contributed by atoms with Crippen LogP contribution in [0.15, 0.2) is 48.5 Å². The van der Waals surface area contributed by atoms with E-state index in [4.69, 9.17) is 21.1 Å². The maximum absolute atomic E-state index is 14.1. The Kier molecular flexibility index (Phi) is 5.73. The summed E-state index contributed by atoms with van der Waals surface area (Å²) in [5.74, 6) is 0.844. The molecule has 0 radical (unpaired) electrons. The highest BCUT2D eigenvalue weighted by Crippen LogP contribution is 2.40. The molecule has 0 aliphatic rings. The Bertz CT molecular complexity index is 1300. The van der Waals surface area contributed by atoms with E-state index in [0.29, 0.717) is 22.1 Å². The van der Waals surface area contributed by atoms with E-state index in [0.717, 1.165) is 11.6 Å². The van der Waals surface area contributed by atoms with Crippen LogP contribution in [-0.2, 0) is 12.7 Å². The molecule has 4 aromatic rings. The van der Waals surface area contributed by atoms with E-state index in [2.05, 4.69) is 10.1 Å². The molecular formula is C23H19ClF3N3O2. The number of pyridine rings is 1. The van der Waals surface area contributed by atoms with Gasteiger partial charge in [-0.25, -0.2) is 9.67 Å². The number of nitrogens with zero attached hydrogens (tertiary/aromatic N) is 3. The highest BCUT2D eigenvalue weighted by Gasteiger charge is 2.36. The second kappa shape index (κ2) is 8.35. The third-order valence-corrected chi connectivity index (χ3v) is 5.51. The smallest absolute Gasteiger partial charge is 0.417 e. The number of fused-ring (bicyclic) bond motifs is 1. The molecule has 9 heteroatoms. The zero-order chi connectivity index (χ0) is 23.0. The van der Waals surface area contributed by atoms with Crippen LogP contribution in [0.4, 0.5) is 13.2 Å². The molecule has 0 saturated heterocycles. The molecule has 5 nitrogen and oxygen atoms in total. The minimum absolute atomic E-state index is 0.0461. The molecule has 0 aliphatic heterocycles. The van der Waals surface area contributed by atoms with Crippen molar-refractivity contribution in [1.29, 1.82) is 0 Å². The highest BCUT2D eigenvalue weighted by atomic mass is 35.5. The van der Waals surface area contributed by atoms with Gasteiger partial charge in [0.25, 0.3) is 0 Å². The van der Waals surface area contributed by atoms with Gasteiger partial charge in [-0.3, -0.25) is 0 Å². The quantitative estimate of drug-likeness (QED) is 0.358. The fourth-order valence-electron chi connectivity index (χ4n) is 3.63. The first-order valence-corrected chi connectivity index (χ1v) is 10.0. The van der Waals surface area contributed by atoms with Crippen LogP contribution in [0.3, 0.4) is 0 Å². The van der Waals surface area contributed by atoms with Crippen molar-refractivity contribution in [3.8, 4) is 22.8 Å². The van der Waals surface area contributed by atoms with Gasteiger partial charge < -0.3 is 9.47 Å². The minimum atomic E-state index is -4.61. The van der Waals surface area contributed by atoms with E-state index in [9.17, 15) is 13.2 Å². The van der Waals surface area contributed by atoms with E-state index < -0.39 is 11.7 Å². The van der Waals surface area contributed by atoms with Gasteiger partial charge in [0.15, 0.2) is 5.65 Å². The number of halogens is 4.